The molecule has 134 valence electrons. The van der Waals surface area contributed by atoms with Gasteiger partial charge in [-0.05, 0) is 35.4 Å². The van der Waals surface area contributed by atoms with E-state index in [1.165, 1.54) is 0 Å². The maximum absolute atomic E-state index is 9.52. The van der Waals surface area contributed by atoms with E-state index < -0.39 is 0 Å². The highest BCUT2D eigenvalue weighted by atomic mass is 35.5. The highest BCUT2D eigenvalue weighted by Crippen LogP contribution is 2.31. The first-order valence-corrected chi connectivity index (χ1v) is 8.80. The van der Waals surface area contributed by atoms with Crippen LogP contribution in [0.4, 0.5) is 0 Å². The quantitative estimate of drug-likeness (QED) is 0.392. The number of hydrogen-bond acceptors (Lipinski definition) is 3. The monoisotopic (exact) mass is 375 g/mol. The summed E-state index contributed by atoms with van der Waals surface area (Å²) in [7, 11) is 1.59. The summed E-state index contributed by atoms with van der Waals surface area (Å²) in [6, 6.07) is 25.0. The zero-order valence-corrected chi connectivity index (χ0v) is 15.6. The SMILES string of the molecule is COc1cc(C=C(C#N)c2ccccc2Cl)ccc1OCc1ccccc1. The van der Waals surface area contributed by atoms with Gasteiger partial charge in [0.25, 0.3) is 0 Å². The van der Waals surface area contributed by atoms with Gasteiger partial charge in [-0.3, -0.25) is 0 Å². The zero-order valence-electron chi connectivity index (χ0n) is 14.9. The highest BCUT2D eigenvalue weighted by molar-refractivity contribution is 6.32. The Hall–Kier alpha value is -3.22. The van der Waals surface area contributed by atoms with Crippen LogP contribution in [0.15, 0.2) is 72.8 Å². The van der Waals surface area contributed by atoms with E-state index in [-0.39, 0.29) is 0 Å². The van der Waals surface area contributed by atoms with Gasteiger partial charge in [-0.25, -0.2) is 0 Å². The molecule has 0 aliphatic heterocycles. The molecular formula is C23H18ClNO2. The normalized spacial score (nSPS) is 10.9. The average Bonchev–Trinajstić information content (AvgIpc) is 2.72. The Balaban J connectivity index is 1.85. The minimum atomic E-state index is 0.454. The lowest BCUT2D eigenvalue weighted by Crippen LogP contribution is -1.97. The van der Waals surface area contributed by atoms with E-state index in [0.717, 1.165) is 11.1 Å². The predicted octanol–water partition coefficient (Wildman–Crippen LogP) is 5.99. The number of rotatable bonds is 6. The lowest BCUT2D eigenvalue weighted by molar-refractivity contribution is 0.284. The van der Waals surface area contributed by atoms with Gasteiger partial charge in [0.2, 0.25) is 0 Å². The molecule has 0 saturated carbocycles. The summed E-state index contributed by atoms with van der Waals surface area (Å²) in [4.78, 5) is 0. The van der Waals surface area contributed by atoms with Gasteiger partial charge in [-0.2, -0.15) is 5.26 Å². The molecule has 0 aromatic heterocycles. The van der Waals surface area contributed by atoms with Gasteiger partial charge in [0.15, 0.2) is 11.5 Å². The fourth-order valence-electron chi connectivity index (χ4n) is 2.65. The van der Waals surface area contributed by atoms with Crippen LogP contribution in [0.5, 0.6) is 11.5 Å². The Morgan fingerprint density at radius 3 is 2.44 bits per heavy atom. The first kappa shape index (κ1) is 18.6. The summed E-state index contributed by atoms with van der Waals surface area (Å²) in [5.41, 5.74) is 3.09. The van der Waals surface area contributed by atoms with Gasteiger partial charge >= 0.3 is 0 Å². The lowest BCUT2D eigenvalue weighted by Gasteiger charge is -2.12. The molecule has 0 amide bonds. The van der Waals surface area contributed by atoms with Crippen molar-refractivity contribution in [3.63, 3.8) is 0 Å². The van der Waals surface area contributed by atoms with Gasteiger partial charge in [0, 0.05) is 10.6 Å². The fourth-order valence-corrected chi connectivity index (χ4v) is 2.88. The summed E-state index contributed by atoms with van der Waals surface area (Å²) < 4.78 is 11.3. The molecule has 3 aromatic rings. The minimum Gasteiger partial charge on any atom is -0.493 e. The first-order chi connectivity index (χ1) is 13.2. The van der Waals surface area contributed by atoms with Crippen LogP contribution in [-0.4, -0.2) is 7.11 Å². The van der Waals surface area contributed by atoms with Crippen molar-refractivity contribution < 1.29 is 9.47 Å². The number of ether oxygens (including phenoxy) is 2. The van der Waals surface area contributed by atoms with Crippen molar-refractivity contribution in [3.8, 4) is 17.6 Å². The van der Waals surface area contributed by atoms with Gasteiger partial charge in [-0.15, -0.1) is 0 Å². The number of hydrogen-bond donors (Lipinski definition) is 0. The molecule has 0 radical (unpaired) electrons. The Morgan fingerprint density at radius 1 is 1.00 bits per heavy atom. The van der Waals surface area contributed by atoms with Gasteiger partial charge in [-0.1, -0.05) is 66.2 Å². The van der Waals surface area contributed by atoms with E-state index in [1.807, 2.05) is 66.7 Å². The van der Waals surface area contributed by atoms with Crippen LogP contribution < -0.4 is 9.47 Å². The number of methoxy groups -OCH3 is 1. The van der Waals surface area contributed by atoms with Gasteiger partial charge < -0.3 is 9.47 Å². The maximum Gasteiger partial charge on any atom is 0.161 e. The molecule has 0 heterocycles. The van der Waals surface area contributed by atoms with Crippen molar-refractivity contribution in [1.29, 1.82) is 5.26 Å². The van der Waals surface area contributed by atoms with Crippen LogP contribution in [-0.2, 0) is 6.61 Å². The molecule has 0 saturated heterocycles. The molecule has 3 rings (SSSR count). The van der Waals surface area contributed by atoms with Crippen LogP contribution >= 0.6 is 11.6 Å². The molecule has 0 atom stereocenters. The van der Waals surface area contributed by atoms with Crippen LogP contribution in [0.3, 0.4) is 0 Å². The Kier molecular flexibility index (Phi) is 6.14. The van der Waals surface area contributed by atoms with E-state index in [9.17, 15) is 5.26 Å². The number of allylic oxidation sites excluding steroid dienone is 1. The second-order valence-electron chi connectivity index (χ2n) is 5.83. The molecule has 0 spiro atoms. The van der Waals surface area contributed by atoms with Crippen molar-refractivity contribution in [1.82, 2.24) is 0 Å². The third kappa shape index (κ3) is 4.69. The molecule has 3 aromatic carbocycles. The Morgan fingerprint density at radius 2 is 1.74 bits per heavy atom. The topological polar surface area (TPSA) is 42.2 Å². The second kappa shape index (κ2) is 8.93. The van der Waals surface area contributed by atoms with Crippen molar-refractivity contribution in [3.05, 3.63) is 94.5 Å². The third-order valence-electron chi connectivity index (χ3n) is 4.02. The molecule has 0 N–H and O–H groups in total. The molecule has 27 heavy (non-hydrogen) atoms. The highest BCUT2D eigenvalue weighted by Gasteiger charge is 2.09. The van der Waals surface area contributed by atoms with Crippen LogP contribution in [0.1, 0.15) is 16.7 Å². The molecule has 4 heteroatoms. The molecule has 0 unspecified atom stereocenters. The molecule has 0 bridgehead atoms. The van der Waals surface area contributed by atoms with Crippen molar-refractivity contribution in [2.75, 3.05) is 7.11 Å². The third-order valence-corrected chi connectivity index (χ3v) is 4.35. The van der Waals surface area contributed by atoms with E-state index in [2.05, 4.69) is 6.07 Å². The molecular weight excluding hydrogens is 358 g/mol. The fraction of sp³-hybridized carbons (Fsp3) is 0.0870. The minimum absolute atomic E-state index is 0.454. The van der Waals surface area contributed by atoms with Crippen molar-refractivity contribution in [2.45, 2.75) is 6.61 Å². The number of benzene rings is 3. The Bertz CT molecular complexity index is 991. The number of nitriles is 1. The second-order valence-corrected chi connectivity index (χ2v) is 6.24. The van der Waals surface area contributed by atoms with Crippen molar-refractivity contribution in [2.24, 2.45) is 0 Å². The van der Waals surface area contributed by atoms with Gasteiger partial charge in [0.1, 0.15) is 6.61 Å². The smallest absolute Gasteiger partial charge is 0.161 e. The lowest BCUT2D eigenvalue weighted by atomic mass is 10.0. The summed E-state index contributed by atoms with van der Waals surface area (Å²) >= 11 is 6.21. The maximum atomic E-state index is 9.52. The molecule has 0 fully saturated rings. The summed E-state index contributed by atoms with van der Waals surface area (Å²) in [5, 5.41) is 10.1. The summed E-state index contributed by atoms with van der Waals surface area (Å²) in [6.45, 7) is 0.454. The van der Waals surface area contributed by atoms with Crippen LogP contribution in [0, 0.1) is 11.3 Å². The number of nitrogens with zero attached hydrogens (tertiary/aromatic N) is 1. The number of halogens is 1. The van der Waals surface area contributed by atoms with Crippen LogP contribution in [0.25, 0.3) is 11.6 Å². The molecule has 0 aliphatic carbocycles. The van der Waals surface area contributed by atoms with E-state index in [4.69, 9.17) is 21.1 Å². The van der Waals surface area contributed by atoms with Crippen molar-refractivity contribution >= 4 is 23.3 Å². The van der Waals surface area contributed by atoms with Crippen LogP contribution in [0.2, 0.25) is 5.02 Å². The Labute approximate surface area is 164 Å². The van der Waals surface area contributed by atoms with Gasteiger partial charge in [0.05, 0.1) is 18.8 Å². The molecule has 0 aliphatic rings. The summed E-state index contributed by atoms with van der Waals surface area (Å²) in [5.74, 6) is 1.26. The summed E-state index contributed by atoms with van der Waals surface area (Å²) in [6.07, 6.45) is 1.78. The van der Waals surface area contributed by atoms with E-state index in [1.54, 1.807) is 19.3 Å². The predicted molar refractivity (Wildman–Crippen MR) is 109 cm³/mol. The largest absolute Gasteiger partial charge is 0.493 e. The first-order valence-electron chi connectivity index (χ1n) is 8.42. The standard InChI is InChI=1S/C23H18ClNO2/c1-26-23-14-18(13-19(15-25)20-9-5-6-10-21(20)24)11-12-22(23)27-16-17-7-3-2-4-8-17/h2-14H,16H2,1H3. The molecule has 3 nitrogen and oxygen atoms in total. The van der Waals surface area contributed by atoms with E-state index in [0.29, 0.717) is 34.3 Å². The zero-order chi connectivity index (χ0) is 19.1. The average molecular weight is 376 g/mol. The van der Waals surface area contributed by atoms with E-state index >= 15 is 0 Å².